The monoisotopic (exact) mass is 207 g/mol. The first-order chi connectivity index (χ1) is 6.97. The maximum Gasteiger partial charge on any atom is 0.232 e. The Labute approximate surface area is 87.8 Å². The van der Waals surface area contributed by atoms with E-state index in [0.717, 1.165) is 5.69 Å². The molecule has 0 aliphatic carbocycles. The number of Topliss-reactive ketones (excluding diaryl/α,β-unsaturated/α-hetero) is 2. The Balaban J connectivity index is 3.15. The van der Waals surface area contributed by atoms with E-state index in [1.54, 1.807) is 12.3 Å². The Kier molecular flexibility index (Phi) is 3.09. The molecule has 0 aromatic carbocycles. The number of aryl methyl sites for hydroxylation is 2. The second-order valence-electron chi connectivity index (χ2n) is 3.41. The van der Waals surface area contributed by atoms with E-state index in [1.165, 1.54) is 6.92 Å². The number of aromatic nitrogens is 1. The van der Waals surface area contributed by atoms with Crippen molar-refractivity contribution >= 4 is 17.1 Å². The summed E-state index contributed by atoms with van der Waals surface area (Å²) in [5.74, 6) is -1.26. The van der Waals surface area contributed by atoms with Crippen molar-refractivity contribution in [3.05, 3.63) is 29.8 Å². The highest BCUT2D eigenvalue weighted by molar-refractivity contribution is 6.53. The number of carbonyl (C=O) groups excluding carboxylic acids is 2. The van der Waals surface area contributed by atoms with Gasteiger partial charge < -0.3 is 9.67 Å². The van der Waals surface area contributed by atoms with E-state index in [0.29, 0.717) is 11.8 Å². The van der Waals surface area contributed by atoms with Gasteiger partial charge in [0.15, 0.2) is 5.78 Å². The molecule has 4 heteroatoms. The average Bonchev–Trinajstić information content (AvgIpc) is 2.47. The van der Waals surface area contributed by atoms with Gasteiger partial charge in [-0.05, 0) is 13.0 Å². The van der Waals surface area contributed by atoms with Crippen LogP contribution in [0.3, 0.4) is 0 Å². The highest BCUT2D eigenvalue weighted by Gasteiger charge is 2.18. The minimum atomic E-state index is -0.678. The molecule has 0 aliphatic rings. The molecule has 1 aromatic rings. The fourth-order valence-corrected chi connectivity index (χ4v) is 1.28. The van der Waals surface area contributed by atoms with Crippen molar-refractivity contribution in [2.24, 2.45) is 7.05 Å². The first kappa shape index (κ1) is 11.2. The zero-order valence-corrected chi connectivity index (χ0v) is 8.94. The van der Waals surface area contributed by atoms with Gasteiger partial charge >= 0.3 is 0 Å². The normalized spacial score (nSPS) is 11.5. The molecule has 0 saturated carbocycles. The smallest absolute Gasteiger partial charge is 0.232 e. The van der Waals surface area contributed by atoms with Crippen molar-refractivity contribution in [3.63, 3.8) is 0 Å². The van der Waals surface area contributed by atoms with Gasteiger partial charge in [-0.15, -0.1) is 0 Å². The Morgan fingerprint density at radius 3 is 2.40 bits per heavy atom. The van der Waals surface area contributed by atoms with Crippen LogP contribution in [-0.2, 0) is 16.6 Å². The number of aliphatic hydroxyl groups excluding tert-OH is 1. The van der Waals surface area contributed by atoms with Crippen molar-refractivity contribution in [2.75, 3.05) is 0 Å². The van der Waals surface area contributed by atoms with E-state index in [9.17, 15) is 9.59 Å². The molecule has 0 bridgehead atoms. The van der Waals surface area contributed by atoms with Crippen molar-refractivity contribution in [3.8, 4) is 0 Å². The summed E-state index contributed by atoms with van der Waals surface area (Å²) >= 11 is 0. The third-order valence-electron chi connectivity index (χ3n) is 2.26. The van der Waals surface area contributed by atoms with Gasteiger partial charge in [0.05, 0.1) is 11.8 Å². The quantitative estimate of drug-likeness (QED) is 0.463. The fourth-order valence-electron chi connectivity index (χ4n) is 1.28. The van der Waals surface area contributed by atoms with Crippen LogP contribution in [0.4, 0.5) is 0 Å². The number of nitrogens with zero attached hydrogens (tertiary/aromatic N) is 1. The third-order valence-corrected chi connectivity index (χ3v) is 2.26. The Morgan fingerprint density at radius 2 is 2.07 bits per heavy atom. The van der Waals surface area contributed by atoms with Gasteiger partial charge in [-0.2, -0.15) is 0 Å². The highest BCUT2D eigenvalue weighted by Crippen LogP contribution is 2.17. The second kappa shape index (κ2) is 4.13. The van der Waals surface area contributed by atoms with Crippen LogP contribution < -0.4 is 0 Å². The van der Waals surface area contributed by atoms with Crippen LogP contribution in [0.1, 0.15) is 18.2 Å². The molecule has 80 valence electrons. The summed E-state index contributed by atoms with van der Waals surface area (Å²) in [5.41, 5.74) is 1.53. The number of hydrogen-bond donors (Lipinski definition) is 1. The molecule has 15 heavy (non-hydrogen) atoms. The molecular formula is C11H13NO3. The van der Waals surface area contributed by atoms with Crippen LogP contribution in [-0.4, -0.2) is 21.2 Å². The number of aliphatic hydroxyl groups is 1. The molecule has 0 atom stereocenters. The van der Waals surface area contributed by atoms with E-state index >= 15 is 0 Å². The van der Waals surface area contributed by atoms with Crippen molar-refractivity contribution in [2.45, 2.75) is 13.8 Å². The molecule has 1 rings (SSSR count). The molecule has 1 N–H and O–H groups in total. The first-order valence-electron chi connectivity index (χ1n) is 4.50. The summed E-state index contributed by atoms with van der Waals surface area (Å²) < 4.78 is 1.81. The summed E-state index contributed by atoms with van der Waals surface area (Å²) in [4.78, 5) is 22.3. The lowest BCUT2D eigenvalue weighted by Crippen LogP contribution is -2.11. The van der Waals surface area contributed by atoms with Gasteiger partial charge in [0.1, 0.15) is 0 Å². The molecule has 1 aromatic heterocycles. The number of carbonyl (C=O) groups is 2. The zero-order valence-electron chi connectivity index (χ0n) is 8.94. The summed E-state index contributed by atoms with van der Waals surface area (Å²) in [6, 6.07) is 1.74. The minimum absolute atomic E-state index is 0.0335. The Hall–Kier alpha value is -1.84. The van der Waals surface area contributed by atoms with Crippen molar-refractivity contribution in [1.29, 1.82) is 0 Å². The van der Waals surface area contributed by atoms with E-state index < -0.39 is 11.6 Å². The van der Waals surface area contributed by atoms with Crippen LogP contribution >= 0.6 is 0 Å². The lowest BCUT2D eigenvalue weighted by molar-refractivity contribution is -0.132. The lowest BCUT2D eigenvalue weighted by atomic mass is 10.0. The van der Waals surface area contributed by atoms with Gasteiger partial charge in [-0.25, -0.2) is 0 Å². The van der Waals surface area contributed by atoms with E-state index in [1.807, 2.05) is 18.5 Å². The number of ketones is 2. The average molecular weight is 207 g/mol. The lowest BCUT2D eigenvalue weighted by Gasteiger charge is -1.98. The maximum absolute atomic E-state index is 11.4. The number of hydrogen-bond acceptors (Lipinski definition) is 3. The maximum atomic E-state index is 11.4. The van der Waals surface area contributed by atoms with Gasteiger partial charge in [-0.3, -0.25) is 9.59 Å². The number of allylic oxidation sites excluding steroid dienone is 1. The van der Waals surface area contributed by atoms with E-state index in [-0.39, 0.29) is 5.57 Å². The van der Waals surface area contributed by atoms with Gasteiger partial charge in [-0.1, -0.05) is 0 Å². The Morgan fingerprint density at radius 1 is 1.47 bits per heavy atom. The minimum Gasteiger partial charge on any atom is -0.515 e. The largest absolute Gasteiger partial charge is 0.515 e. The van der Waals surface area contributed by atoms with E-state index in [4.69, 9.17) is 5.11 Å². The molecule has 0 aliphatic heterocycles. The summed E-state index contributed by atoms with van der Waals surface area (Å²) in [7, 11) is 1.83. The van der Waals surface area contributed by atoms with Crippen LogP contribution in [0.15, 0.2) is 18.5 Å². The summed E-state index contributed by atoms with van der Waals surface area (Å²) in [5, 5.41) is 8.95. The second-order valence-corrected chi connectivity index (χ2v) is 3.41. The summed E-state index contributed by atoms with van der Waals surface area (Å²) in [6.45, 7) is 3.05. The third kappa shape index (κ3) is 2.15. The highest BCUT2D eigenvalue weighted by atomic mass is 16.2. The van der Waals surface area contributed by atoms with Crippen molar-refractivity contribution in [1.82, 2.24) is 4.57 Å². The molecule has 0 amide bonds. The molecule has 0 spiro atoms. The predicted molar refractivity (Wildman–Crippen MR) is 56.4 cm³/mol. The van der Waals surface area contributed by atoms with Crippen molar-refractivity contribution < 1.29 is 14.7 Å². The molecule has 0 radical (unpaired) electrons. The van der Waals surface area contributed by atoms with Gasteiger partial charge in [0.2, 0.25) is 5.78 Å². The van der Waals surface area contributed by atoms with Gasteiger partial charge in [0, 0.05) is 31.4 Å². The standard InChI is InChI=1S/C11H13NO3/c1-7-4-9(5-12(7)3)10(6-13)11(15)8(2)14/h4-6,13H,1-3H3. The van der Waals surface area contributed by atoms with E-state index in [2.05, 4.69) is 0 Å². The molecule has 1 heterocycles. The summed E-state index contributed by atoms with van der Waals surface area (Å²) in [6.07, 6.45) is 2.37. The SMILES string of the molecule is CC(=O)C(=O)C(=CO)c1cc(C)n(C)c1. The van der Waals surface area contributed by atoms with Gasteiger partial charge in [0.25, 0.3) is 0 Å². The first-order valence-corrected chi connectivity index (χ1v) is 4.50. The molecular weight excluding hydrogens is 194 g/mol. The zero-order chi connectivity index (χ0) is 11.6. The Bertz CT molecular complexity index is 421. The van der Waals surface area contributed by atoms with Crippen LogP contribution in [0, 0.1) is 6.92 Å². The van der Waals surface area contributed by atoms with Crippen LogP contribution in [0.25, 0.3) is 5.57 Å². The molecule has 0 fully saturated rings. The fraction of sp³-hybridized carbons (Fsp3) is 0.273. The topological polar surface area (TPSA) is 59.3 Å². The van der Waals surface area contributed by atoms with Crippen LogP contribution in [0.5, 0.6) is 0 Å². The van der Waals surface area contributed by atoms with Crippen LogP contribution in [0.2, 0.25) is 0 Å². The molecule has 0 saturated heterocycles. The molecule has 4 nitrogen and oxygen atoms in total. The molecule has 0 unspecified atom stereocenters. The predicted octanol–water partition coefficient (Wildman–Crippen LogP) is 1.39. The number of rotatable bonds is 3.